The topological polar surface area (TPSA) is 70.3 Å². The molecule has 0 radical (unpaired) electrons. The molecule has 0 saturated carbocycles. The maximum Gasteiger partial charge on any atom is 0.128 e. The number of aryl methyl sites for hydroxylation is 2. The molecule has 1 atom stereocenters. The molecule has 0 saturated heterocycles. The summed E-state index contributed by atoms with van der Waals surface area (Å²) in [5.41, 5.74) is 2.99. The molecule has 136 valence electrons. The van der Waals surface area contributed by atoms with Crippen LogP contribution < -0.4 is 0 Å². The number of aliphatic hydroxyl groups is 1. The van der Waals surface area contributed by atoms with E-state index in [4.69, 9.17) is 0 Å². The lowest BCUT2D eigenvalue weighted by Gasteiger charge is -2.19. The van der Waals surface area contributed by atoms with Crippen LogP contribution in [0.2, 0.25) is 0 Å². The Morgan fingerprint density at radius 3 is 2.92 bits per heavy atom. The molecule has 1 N–H and O–H groups in total. The smallest absolute Gasteiger partial charge is 0.128 e. The third-order valence-electron chi connectivity index (χ3n) is 4.46. The van der Waals surface area contributed by atoms with Gasteiger partial charge in [-0.05, 0) is 32.6 Å². The summed E-state index contributed by atoms with van der Waals surface area (Å²) >= 11 is 0. The van der Waals surface area contributed by atoms with E-state index < -0.39 is 6.10 Å². The SMILES string of the molecule is CCc1nccc(CN2CCCn3nc(C(O)CN(C)C)cc3C2)n1. The molecular formula is C18H28N6O. The van der Waals surface area contributed by atoms with E-state index in [1.807, 2.05) is 42.0 Å². The predicted octanol–water partition coefficient (Wildman–Crippen LogP) is 1.24. The third-order valence-corrected chi connectivity index (χ3v) is 4.46. The molecule has 1 unspecified atom stereocenters. The molecule has 3 rings (SSSR count). The molecule has 2 aromatic heterocycles. The molecule has 0 aromatic carbocycles. The molecule has 3 heterocycles. The lowest BCUT2D eigenvalue weighted by atomic mass is 10.2. The monoisotopic (exact) mass is 344 g/mol. The van der Waals surface area contributed by atoms with E-state index in [1.165, 1.54) is 0 Å². The average molecular weight is 344 g/mol. The highest BCUT2D eigenvalue weighted by Crippen LogP contribution is 2.19. The van der Waals surface area contributed by atoms with Gasteiger partial charge in [-0.1, -0.05) is 6.92 Å². The summed E-state index contributed by atoms with van der Waals surface area (Å²) in [4.78, 5) is 13.3. The van der Waals surface area contributed by atoms with Crippen molar-refractivity contribution >= 4 is 0 Å². The third kappa shape index (κ3) is 4.62. The zero-order chi connectivity index (χ0) is 17.8. The van der Waals surface area contributed by atoms with Gasteiger partial charge in [-0.3, -0.25) is 9.58 Å². The van der Waals surface area contributed by atoms with Crippen molar-refractivity contribution < 1.29 is 5.11 Å². The summed E-state index contributed by atoms with van der Waals surface area (Å²) in [5, 5.41) is 14.9. The van der Waals surface area contributed by atoms with Gasteiger partial charge in [0, 0.05) is 45.3 Å². The van der Waals surface area contributed by atoms with E-state index in [0.29, 0.717) is 6.54 Å². The highest BCUT2D eigenvalue weighted by Gasteiger charge is 2.20. The van der Waals surface area contributed by atoms with Crippen LogP contribution in [-0.4, -0.2) is 61.8 Å². The van der Waals surface area contributed by atoms with Crippen molar-refractivity contribution in [1.82, 2.24) is 29.5 Å². The minimum absolute atomic E-state index is 0.545. The maximum absolute atomic E-state index is 10.3. The first-order valence-electron chi connectivity index (χ1n) is 8.97. The molecule has 0 fully saturated rings. The summed E-state index contributed by atoms with van der Waals surface area (Å²) < 4.78 is 2.05. The predicted molar refractivity (Wildman–Crippen MR) is 95.9 cm³/mol. The number of rotatable bonds is 6. The Morgan fingerprint density at radius 1 is 1.32 bits per heavy atom. The Labute approximate surface area is 149 Å². The standard InChI is InChI=1S/C18H28N6O/c1-4-18-19-7-6-14(20-18)11-23-8-5-9-24-15(12-23)10-16(21-24)17(25)13-22(2)3/h6-7,10,17,25H,4-5,8-9,11-13H2,1-3H3. The lowest BCUT2D eigenvalue weighted by molar-refractivity contribution is 0.133. The number of hydrogen-bond acceptors (Lipinski definition) is 6. The molecule has 1 aliphatic rings. The highest BCUT2D eigenvalue weighted by atomic mass is 16.3. The minimum atomic E-state index is -0.545. The van der Waals surface area contributed by atoms with Crippen molar-refractivity contribution in [2.45, 2.75) is 45.5 Å². The minimum Gasteiger partial charge on any atom is -0.385 e. The summed E-state index contributed by atoms with van der Waals surface area (Å²) in [6, 6.07) is 4.04. The summed E-state index contributed by atoms with van der Waals surface area (Å²) in [5.74, 6) is 0.895. The van der Waals surface area contributed by atoms with Crippen LogP contribution in [0.4, 0.5) is 0 Å². The first kappa shape index (κ1) is 18.0. The van der Waals surface area contributed by atoms with Gasteiger partial charge in [-0.25, -0.2) is 9.97 Å². The van der Waals surface area contributed by atoms with Crippen LogP contribution in [0.1, 0.15) is 42.4 Å². The first-order chi connectivity index (χ1) is 12.0. The Kier molecular flexibility index (Phi) is 5.78. The quantitative estimate of drug-likeness (QED) is 0.850. The van der Waals surface area contributed by atoms with Crippen molar-refractivity contribution in [1.29, 1.82) is 0 Å². The van der Waals surface area contributed by atoms with Crippen LogP contribution >= 0.6 is 0 Å². The Morgan fingerprint density at radius 2 is 2.16 bits per heavy atom. The van der Waals surface area contributed by atoms with Gasteiger partial charge in [0.05, 0.1) is 17.1 Å². The fourth-order valence-electron chi connectivity index (χ4n) is 3.22. The largest absolute Gasteiger partial charge is 0.385 e. The Hall–Kier alpha value is -1.83. The molecule has 7 nitrogen and oxygen atoms in total. The molecule has 2 aromatic rings. The normalized spacial score (nSPS) is 16.7. The van der Waals surface area contributed by atoms with E-state index in [0.717, 1.165) is 61.9 Å². The van der Waals surface area contributed by atoms with Gasteiger partial charge in [0.1, 0.15) is 11.9 Å². The van der Waals surface area contributed by atoms with Crippen LogP contribution in [0.15, 0.2) is 18.3 Å². The van der Waals surface area contributed by atoms with Gasteiger partial charge in [0.2, 0.25) is 0 Å². The average Bonchev–Trinajstić information content (AvgIpc) is 2.88. The molecule has 0 spiro atoms. The van der Waals surface area contributed by atoms with Gasteiger partial charge in [-0.15, -0.1) is 0 Å². The second kappa shape index (κ2) is 8.03. The lowest BCUT2D eigenvalue weighted by Crippen LogP contribution is -2.23. The highest BCUT2D eigenvalue weighted by molar-refractivity contribution is 5.14. The molecule has 25 heavy (non-hydrogen) atoms. The van der Waals surface area contributed by atoms with E-state index in [9.17, 15) is 5.11 Å². The number of aliphatic hydroxyl groups excluding tert-OH is 1. The fourth-order valence-corrected chi connectivity index (χ4v) is 3.22. The zero-order valence-corrected chi connectivity index (χ0v) is 15.4. The Bertz CT molecular complexity index is 699. The number of fused-ring (bicyclic) bond motifs is 1. The summed E-state index contributed by atoms with van der Waals surface area (Å²) in [6.07, 6.45) is 3.20. The second-order valence-electron chi connectivity index (χ2n) is 6.94. The van der Waals surface area contributed by atoms with Crippen molar-refractivity contribution in [2.75, 3.05) is 27.2 Å². The van der Waals surface area contributed by atoms with Crippen LogP contribution in [0.5, 0.6) is 0 Å². The molecule has 7 heteroatoms. The van der Waals surface area contributed by atoms with Gasteiger partial charge in [0.15, 0.2) is 0 Å². The molecular weight excluding hydrogens is 316 g/mol. The van der Waals surface area contributed by atoms with Gasteiger partial charge < -0.3 is 10.0 Å². The van der Waals surface area contributed by atoms with E-state index in [2.05, 4.69) is 26.9 Å². The van der Waals surface area contributed by atoms with Crippen LogP contribution in [-0.2, 0) is 26.1 Å². The van der Waals surface area contributed by atoms with Crippen LogP contribution in [0, 0.1) is 0 Å². The van der Waals surface area contributed by atoms with Crippen LogP contribution in [0.25, 0.3) is 0 Å². The van der Waals surface area contributed by atoms with E-state index in [-0.39, 0.29) is 0 Å². The van der Waals surface area contributed by atoms with Gasteiger partial charge >= 0.3 is 0 Å². The van der Waals surface area contributed by atoms with E-state index >= 15 is 0 Å². The summed E-state index contributed by atoms with van der Waals surface area (Å²) in [6.45, 7) is 6.21. The fraction of sp³-hybridized carbons (Fsp3) is 0.611. The van der Waals surface area contributed by atoms with Gasteiger partial charge in [0.25, 0.3) is 0 Å². The Balaban J connectivity index is 1.71. The van der Waals surface area contributed by atoms with Crippen molar-refractivity contribution in [3.8, 4) is 0 Å². The summed E-state index contributed by atoms with van der Waals surface area (Å²) in [7, 11) is 3.91. The molecule has 1 aliphatic heterocycles. The number of likely N-dealkylation sites (N-methyl/N-ethyl adjacent to an activating group) is 1. The molecule has 0 amide bonds. The first-order valence-corrected chi connectivity index (χ1v) is 8.97. The number of nitrogens with zero attached hydrogens (tertiary/aromatic N) is 6. The van der Waals surface area contributed by atoms with Crippen molar-refractivity contribution in [2.24, 2.45) is 0 Å². The van der Waals surface area contributed by atoms with E-state index in [1.54, 1.807) is 0 Å². The van der Waals surface area contributed by atoms with Gasteiger partial charge in [-0.2, -0.15) is 5.10 Å². The second-order valence-corrected chi connectivity index (χ2v) is 6.94. The zero-order valence-electron chi connectivity index (χ0n) is 15.4. The van der Waals surface area contributed by atoms with Crippen molar-refractivity contribution in [3.05, 3.63) is 41.2 Å². The van der Waals surface area contributed by atoms with Crippen LogP contribution in [0.3, 0.4) is 0 Å². The number of hydrogen-bond donors (Lipinski definition) is 1. The number of aromatic nitrogens is 4. The van der Waals surface area contributed by atoms with Crippen molar-refractivity contribution in [3.63, 3.8) is 0 Å². The molecule has 0 aliphatic carbocycles. The maximum atomic E-state index is 10.3. The molecule has 0 bridgehead atoms.